The predicted octanol–water partition coefficient (Wildman–Crippen LogP) is 3.54. The summed E-state index contributed by atoms with van der Waals surface area (Å²) in [6, 6.07) is 0. The average molecular weight is 458 g/mol. The predicted molar refractivity (Wildman–Crippen MR) is 95.2 cm³/mol. The number of aliphatic carboxylic acids is 2. The molecule has 0 aliphatic rings. The summed E-state index contributed by atoms with van der Waals surface area (Å²) in [5.74, 6) is -2.61. The summed E-state index contributed by atoms with van der Waals surface area (Å²) in [6.07, 6.45) is 1.80. The van der Waals surface area contributed by atoms with Crippen LogP contribution in [0.5, 0.6) is 0 Å². The van der Waals surface area contributed by atoms with Crippen LogP contribution in [-0.4, -0.2) is 45.9 Å². The molecule has 0 saturated heterocycles. The van der Waals surface area contributed by atoms with E-state index in [1.54, 1.807) is 6.92 Å². The molecule has 23 heavy (non-hydrogen) atoms. The van der Waals surface area contributed by atoms with Gasteiger partial charge < -0.3 is 14.9 Å². The highest BCUT2D eigenvalue weighted by Crippen LogP contribution is 2.18. The summed E-state index contributed by atoms with van der Waals surface area (Å²) < 4.78 is 4.27. The van der Waals surface area contributed by atoms with E-state index < -0.39 is 11.9 Å². The van der Waals surface area contributed by atoms with E-state index in [-0.39, 0.29) is 30.0 Å². The second-order valence-corrected chi connectivity index (χ2v) is 6.01. The molecule has 0 atom stereocenters. The average Bonchev–Trinajstić information content (AvgIpc) is 2.49. The number of hydrogen-bond donors (Lipinski definition) is 2. The van der Waals surface area contributed by atoms with Gasteiger partial charge in [-0.05, 0) is 32.6 Å². The molecule has 8 heteroatoms. The van der Waals surface area contributed by atoms with Crippen molar-refractivity contribution in [2.75, 3.05) is 17.8 Å². The van der Waals surface area contributed by atoms with Crippen molar-refractivity contribution in [3.63, 3.8) is 0 Å². The van der Waals surface area contributed by atoms with Gasteiger partial charge in [0.05, 0.1) is 7.11 Å². The fourth-order valence-electron chi connectivity index (χ4n) is 1.44. The molecule has 0 amide bonds. The number of rotatable bonds is 9. The molecule has 0 aromatic carbocycles. The summed E-state index contributed by atoms with van der Waals surface area (Å²) in [7, 11) is 1.33. The van der Waals surface area contributed by atoms with Crippen molar-refractivity contribution in [2.24, 2.45) is 0 Å². The second-order valence-electron chi connectivity index (χ2n) is 4.42. The van der Waals surface area contributed by atoms with Gasteiger partial charge in [0.15, 0.2) is 0 Å². The highest BCUT2D eigenvalue weighted by atomic mass is 79.9. The first-order valence-electron chi connectivity index (χ1n) is 6.77. The van der Waals surface area contributed by atoms with Gasteiger partial charge in [-0.3, -0.25) is 0 Å². The molecule has 6 nitrogen and oxygen atoms in total. The number of esters is 1. The Morgan fingerprint density at radius 3 is 1.43 bits per heavy atom. The van der Waals surface area contributed by atoms with Crippen molar-refractivity contribution in [2.45, 2.75) is 32.6 Å². The molecule has 0 aromatic rings. The lowest BCUT2D eigenvalue weighted by atomic mass is 10.00. The van der Waals surface area contributed by atoms with Crippen molar-refractivity contribution in [1.82, 2.24) is 0 Å². The van der Waals surface area contributed by atoms with E-state index in [0.717, 1.165) is 0 Å². The first kappa shape index (κ1) is 24.1. The minimum Gasteiger partial charge on any atom is -0.478 e. The Bertz CT molecular complexity index is 429. The smallest absolute Gasteiger partial charge is 0.332 e. The number of carbonyl (C=O) groups excluding carboxylic acids is 1. The fraction of sp³-hybridized carbons (Fsp3) is 0.533. The van der Waals surface area contributed by atoms with E-state index in [9.17, 15) is 14.4 Å². The van der Waals surface area contributed by atoms with Gasteiger partial charge >= 0.3 is 17.9 Å². The van der Waals surface area contributed by atoms with E-state index in [1.165, 1.54) is 7.11 Å². The van der Waals surface area contributed by atoms with E-state index in [4.69, 9.17) is 10.2 Å². The van der Waals surface area contributed by atoms with Crippen LogP contribution in [0.15, 0.2) is 23.3 Å². The first-order valence-corrected chi connectivity index (χ1v) is 9.01. The van der Waals surface area contributed by atoms with E-state index in [0.29, 0.717) is 29.1 Å². The van der Waals surface area contributed by atoms with E-state index >= 15 is 0 Å². The molecular weight excluding hydrogens is 436 g/mol. The van der Waals surface area contributed by atoms with Gasteiger partial charge in [-0.1, -0.05) is 38.4 Å². The van der Waals surface area contributed by atoms with Gasteiger partial charge in [-0.25, -0.2) is 14.4 Å². The minimum absolute atomic E-state index is 0.0212. The third-order valence-electron chi connectivity index (χ3n) is 2.54. The van der Waals surface area contributed by atoms with Crippen LogP contribution in [0, 0.1) is 0 Å². The Morgan fingerprint density at radius 2 is 1.30 bits per heavy atom. The number of halogens is 2. The highest BCUT2D eigenvalue weighted by molar-refractivity contribution is 9.09. The minimum atomic E-state index is -1.13. The third-order valence-corrected chi connectivity index (χ3v) is 3.66. The van der Waals surface area contributed by atoms with Gasteiger partial charge in [0.1, 0.15) is 0 Å². The summed E-state index contributed by atoms with van der Waals surface area (Å²) in [6.45, 7) is 4.95. The summed E-state index contributed by atoms with van der Waals surface area (Å²) >= 11 is 6.39. The molecule has 0 aliphatic carbocycles. The van der Waals surface area contributed by atoms with Crippen LogP contribution in [0.2, 0.25) is 0 Å². The molecule has 0 bridgehead atoms. The van der Waals surface area contributed by atoms with Gasteiger partial charge in [-0.15, -0.1) is 0 Å². The van der Waals surface area contributed by atoms with Crippen molar-refractivity contribution in [3.8, 4) is 0 Å². The number of ether oxygens (including phenoxy) is 1. The summed E-state index contributed by atoms with van der Waals surface area (Å²) in [5, 5.41) is 19.3. The van der Waals surface area contributed by atoms with Crippen molar-refractivity contribution in [1.29, 1.82) is 0 Å². The van der Waals surface area contributed by atoms with Crippen molar-refractivity contribution in [3.05, 3.63) is 23.3 Å². The number of alkyl halides is 2. The monoisotopic (exact) mass is 456 g/mol. The number of methoxy groups -OCH3 is 1. The van der Waals surface area contributed by atoms with Crippen LogP contribution in [0.1, 0.15) is 32.6 Å². The Kier molecular flexibility index (Phi) is 15.1. The fourth-order valence-corrected chi connectivity index (χ4v) is 2.00. The van der Waals surface area contributed by atoms with Crippen LogP contribution in [0.25, 0.3) is 0 Å². The zero-order valence-corrected chi connectivity index (χ0v) is 16.4. The van der Waals surface area contributed by atoms with Crippen molar-refractivity contribution < 1.29 is 29.3 Å². The molecule has 2 N–H and O–H groups in total. The second kappa shape index (κ2) is 14.4. The lowest BCUT2D eigenvalue weighted by molar-refractivity contribution is -0.136. The highest BCUT2D eigenvalue weighted by Gasteiger charge is 2.19. The van der Waals surface area contributed by atoms with Crippen LogP contribution in [-0.2, 0) is 19.1 Å². The van der Waals surface area contributed by atoms with Gasteiger partial charge in [-0.2, -0.15) is 0 Å². The first-order chi connectivity index (χ1) is 10.7. The maximum Gasteiger partial charge on any atom is 0.332 e. The zero-order valence-electron chi connectivity index (χ0n) is 13.2. The van der Waals surface area contributed by atoms with Crippen LogP contribution < -0.4 is 0 Å². The van der Waals surface area contributed by atoms with Crippen LogP contribution in [0.3, 0.4) is 0 Å². The maximum atomic E-state index is 11.0. The Labute approximate surface area is 152 Å². The lowest BCUT2D eigenvalue weighted by Crippen LogP contribution is -2.12. The normalized spacial score (nSPS) is 10.8. The number of carboxylic acid groups (broad SMARTS) is 2. The largest absolute Gasteiger partial charge is 0.478 e. The molecule has 0 unspecified atom stereocenters. The van der Waals surface area contributed by atoms with E-state index in [2.05, 4.69) is 43.2 Å². The van der Waals surface area contributed by atoms with Crippen LogP contribution >= 0.6 is 31.9 Å². The molecule has 0 fully saturated rings. The molecule has 0 radical (unpaired) electrons. The lowest BCUT2D eigenvalue weighted by Gasteiger charge is -2.07. The molecular formula is C15H22Br2O6. The number of hydrogen-bond acceptors (Lipinski definition) is 4. The molecule has 0 rings (SSSR count). The zero-order chi connectivity index (χ0) is 18.4. The summed E-state index contributed by atoms with van der Waals surface area (Å²) in [5.41, 5.74) is 0.475. The molecule has 0 spiro atoms. The van der Waals surface area contributed by atoms with Gasteiger partial charge in [0, 0.05) is 27.4 Å². The SMILES string of the molecule is C=C(C)C(=O)OC.O=C(O)/C(CCCBr)=C(\CCCBr)C(=O)O. The molecule has 0 aromatic heterocycles. The molecule has 0 saturated carbocycles. The quantitative estimate of drug-likeness (QED) is 0.312. The summed E-state index contributed by atoms with van der Waals surface area (Å²) in [4.78, 5) is 32.1. The number of carbonyl (C=O) groups is 3. The number of carboxylic acids is 2. The Balaban J connectivity index is 0. The molecule has 0 heterocycles. The molecule has 0 aliphatic heterocycles. The third kappa shape index (κ3) is 12.0. The van der Waals surface area contributed by atoms with Crippen molar-refractivity contribution >= 4 is 49.8 Å². The maximum absolute atomic E-state index is 11.0. The standard InChI is InChI=1S/C10H14Br2O4.C5H8O2/c11-5-1-3-7(9(13)14)8(10(15)16)4-2-6-12;1-4(2)5(6)7-3/h1-6H2,(H,13,14)(H,15,16);1H2,2-3H3/b8-7+;. The van der Waals surface area contributed by atoms with Crippen LogP contribution in [0.4, 0.5) is 0 Å². The Hall–Kier alpha value is -1.15. The van der Waals surface area contributed by atoms with E-state index in [1.807, 2.05) is 0 Å². The van der Waals surface area contributed by atoms with Gasteiger partial charge in [0.25, 0.3) is 0 Å². The van der Waals surface area contributed by atoms with Gasteiger partial charge in [0.2, 0.25) is 0 Å². The topological polar surface area (TPSA) is 101 Å². The molecule has 132 valence electrons. The Morgan fingerprint density at radius 1 is 0.957 bits per heavy atom.